The van der Waals surface area contributed by atoms with Crippen LogP contribution in [0.15, 0.2) is 18.2 Å². The second kappa shape index (κ2) is 8.34. The number of benzene rings is 1. The first kappa shape index (κ1) is 19.2. The molecule has 1 aliphatic heterocycles. The Morgan fingerprint density at radius 3 is 2.68 bits per heavy atom. The molecule has 0 unspecified atom stereocenters. The highest BCUT2D eigenvalue weighted by Crippen LogP contribution is 2.25. The predicted molar refractivity (Wildman–Crippen MR) is 97.7 cm³/mol. The topological polar surface area (TPSA) is 69.7 Å². The van der Waals surface area contributed by atoms with Gasteiger partial charge in [-0.05, 0) is 24.6 Å². The van der Waals surface area contributed by atoms with Crippen molar-refractivity contribution in [2.75, 3.05) is 25.5 Å². The Hall–Kier alpha value is -2.08. The number of hydrogen-bond acceptors (Lipinski definition) is 3. The number of rotatable bonds is 5. The Bertz CT molecular complexity index is 678. The monoisotopic (exact) mass is 365 g/mol. The summed E-state index contributed by atoms with van der Waals surface area (Å²) in [7, 11) is 1.76. The molecule has 1 saturated heterocycles. The number of carbonyl (C=O) groups is 3. The van der Waals surface area contributed by atoms with Crippen LogP contribution in [-0.4, -0.2) is 53.7 Å². The number of nitrogens with zero attached hydrogens (tertiary/aromatic N) is 2. The Labute approximate surface area is 153 Å². The third kappa shape index (κ3) is 4.51. The van der Waals surface area contributed by atoms with Crippen molar-refractivity contribution < 1.29 is 14.4 Å². The molecule has 1 fully saturated rings. The van der Waals surface area contributed by atoms with E-state index in [1.165, 1.54) is 6.92 Å². The van der Waals surface area contributed by atoms with Gasteiger partial charge in [-0.1, -0.05) is 31.4 Å². The van der Waals surface area contributed by atoms with E-state index in [0.717, 1.165) is 12.8 Å². The summed E-state index contributed by atoms with van der Waals surface area (Å²) >= 11 is 6.21. The fourth-order valence-corrected chi connectivity index (χ4v) is 3.15. The first-order valence-corrected chi connectivity index (χ1v) is 8.86. The summed E-state index contributed by atoms with van der Waals surface area (Å²) in [6, 6.07) is 4.32. The molecule has 7 heteroatoms. The highest BCUT2D eigenvalue weighted by atomic mass is 35.5. The van der Waals surface area contributed by atoms with Gasteiger partial charge in [-0.25, -0.2) is 0 Å². The molecule has 136 valence electrons. The molecule has 2 rings (SSSR count). The van der Waals surface area contributed by atoms with Gasteiger partial charge in [0.15, 0.2) is 0 Å². The van der Waals surface area contributed by atoms with Crippen molar-refractivity contribution in [3.63, 3.8) is 0 Å². The molecule has 0 bridgehead atoms. The van der Waals surface area contributed by atoms with Gasteiger partial charge in [-0.2, -0.15) is 0 Å². The second-order valence-electron chi connectivity index (χ2n) is 6.29. The Balaban J connectivity index is 2.30. The molecule has 1 atom stereocenters. The molecule has 1 aliphatic rings. The van der Waals surface area contributed by atoms with Crippen molar-refractivity contribution in [2.24, 2.45) is 0 Å². The number of halogens is 1. The fraction of sp³-hybridized carbons (Fsp3) is 0.500. The quantitative estimate of drug-likeness (QED) is 0.872. The lowest BCUT2D eigenvalue weighted by Gasteiger charge is -2.39. The average Bonchev–Trinajstić information content (AvgIpc) is 2.57. The van der Waals surface area contributed by atoms with Crippen LogP contribution in [0, 0.1) is 0 Å². The summed E-state index contributed by atoms with van der Waals surface area (Å²) in [5.74, 6) is -0.543. The second-order valence-corrected chi connectivity index (χ2v) is 6.70. The molecule has 25 heavy (non-hydrogen) atoms. The van der Waals surface area contributed by atoms with Gasteiger partial charge in [-0.3, -0.25) is 14.4 Å². The normalized spacial score (nSPS) is 17.6. The van der Waals surface area contributed by atoms with Gasteiger partial charge in [0.2, 0.25) is 11.8 Å². The molecule has 6 nitrogen and oxygen atoms in total. The molecule has 0 radical (unpaired) electrons. The standard InChI is InChI=1S/C18H24ClN3O3/c1-4-5-6-16-18(25)21(3)9-10-22(16)17(24)14-11-13(20-12(2)23)7-8-15(14)19/h7-8,11,16H,4-6,9-10H2,1-3H3,(H,20,23)/t16-/m1/s1. The average molecular weight is 366 g/mol. The van der Waals surface area contributed by atoms with E-state index in [1.807, 2.05) is 0 Å². The molecule has 0 saturated carbocycles. The van der Waals surface area contributed by atoms with Crippen LogP contribution in [0.25, 0.3) is 0 Å². The number of amides is 3. The van der Waals surface area contributed by atoms with Crippen molar-refractivity contribution >= 4 is 35.0 Å². The largest absolute Gasteiger partial charge is 0.342 e. The molecule has 1 aromatic carbocycles. The lowest BCUT2D eigenvalue weighted by atomic mass is 10.0. The van der Waals surface area contributed by atoms with Crippen LogP contribution in [0.5, 0.6) is 0 Å². The highest BCUT2D eigenvalue weighted by Gasteiger charge is 2.36. The zero-order valence-corrected chi connectivity index (χ0v) is 15.6. The minimum Gasteiger partial charge on any atom is -0.342 e. The third-order valence-corrected chi connectivity index (χ3v) is 4.65. The first-order chi connectivity index (χ1) is 11.8. The lowest BCUT2D eigenvalue weighted by molar-refractivity contribution is -0.138. The van der Waals surface area contributed by atoms with Crippen LogP contribution in [0.2, 0.25) is 5.02 Å². The van der Waals surface area contributed by atoms with Crippen LogP contribution in [0.3, 0.4) is 0 Å². The summed E-state index contributed by atoms with van der Waals surface area (Å²) in [4.78, 5) is 40.1. The summed E-state index contributed by atoms with van der Waals surface area (Å²) in [5, 5.41) is 2.95. The van der Waals surface area contributed by atoms with E-state index in [9.17, 15) is 14.4 Å². The number of nitrogens with one attached hydrogen (secondary N) is 1. The number of anilines is 1. The maximum absolute atomic E-state index is 13.0. The van der Waals surface area contributed by atoms with Gasteiger partial charge in [-0.15, -0.1) is 0 Å². The highest BCUT2D eigenvalue weighted by molar-refractivity contribution is 6.34. The zero-order chi connectivity index (χ0) is 18.6. The van der Waals surface area contributed by atoms with Crippen LogP contribution in [0.1, 0.15) is 43.5 Å². The van der Waals surface area contributed by atoms with E-state index in [2.05, 4.69) is 12.2 Å². The smallest absolute Gasteiger partial charge is 0.256 e. The molecule has 1 N–H and O–H groups in total. The SMILES string of the molecule is CCCC[C@@H]1C(=O)N(C)CCN1C(=O)c1cc(NC(C)=O)ccc1Cl. The number of carbonyl (C=O) groups excluding carboxylic acids is 3. The Morgan fingerprint density at radius 2 is 2.04 bits per heavy atom. The van der Waals surface area contributed by atoms with Gasteiger partial charge in [0.25, 0.3) is 5.91 Å². The lowest BCUT2D eigenvalue weighted by Crippen LogP contribution is -2.57. The molecule has 0 aromatic heterocycles. The molecule has 1 aromatic rings. The van der Waals surface area contributed by atoms with Crippen LogP contribution >= 0.6 is 11.6 Å². The molecular formula is C18H24ClN3O3. The predicted octanol–water partition coefficient (Wildman–Crippen LogP) is 2.77. The fourth-order valence-electron chi connectivity index (χ4n) is 2.96. The van der Waals surface area contributed by atoms with Crippen LogP contribution in [0.4, 0.5) is 5.69 Å². The molecule has 1 heterocycles. The van der Waals surface area contributed by atoms with Crippen molar-refractivity contribution in [1.29, 1.82) is 0 Å². The third-order valence-electron chi connectivity index (χ3n) is 4.32. The zero-order valence-electron chi connectivity index (χ0n) is 14.8. The summed E-state index contributed by atoms with van der Waals surface area (Å²) in [6.45, 7) is 4.42. The molecule has 3 amide bonds. The van der Waals surface area contributed by atoms with Crippen molar-refractivity contribution in [1.82, 2.24) is 9.80 Å². The van der Waals surface area contributed by atoms with Crippen molar-refractivity contribution in [3.8, 4) is 0 Å². The van der Waals surface area contributed by atoms with Gasteiger partial charge in [0.1, 0.15) is 6.04 Å². The minimum absolute atomic E-state index is 0.0396. The Kier molecular flexibility index (Phi) is 6.42. The van der Waals surface area contributed by atoms with E-state index in [-0.39, 0.29) is 17.7 Å². The number of likely N-dealkylation sites (N-methyl/N-ethyl adjacent to an activating group) is 1. The van der Waals surface area contributed by atoms with Gasteiger partial charge >= 0.3 is 0 Å². The minimum atomic E-state index is -0.466. The number of piperazine rings is 1. The van der Waals surface area contributed by atoms with Gasteiger partial charge < -0.3 is 15.1 Å². The summed E-state index contributed by atoms with van der Waals surface area (Å²) < 4.78 is 0. The molecule has 0 aliphatic carbocycles. The van der Waals surface area contributed by atoms with Crippen LogP contribution < -0.4 is 5.32 Å². The van der Waals surface area contributed by atoms with Gasteiger partial charge in [0.05, 0.1) is 10.6 Å². The maximum atomic E-state index is 13.0. The summed E-state index contributed by atoms with van der Waals surface area (Å²) in [5.41, 5.74) is 0.803. The van der Waals surface area contributed by atoms with E-state index in [1.54, 1.807) is 35.0 Å². The molecule has 0 spiro atoms. The van der Waals surface area contributed by atoms with E-state index in [4.69, 9.17) is 11.6 Å². The molecular weight excluding hydrogens is 342 g/mol. The first-order valence-electron chi connectivity index (χ1n) is 8.48. The number of unbranched alkanes of at least 4 members (excludes halogenated alkanes) is 1. The summed E-state index contributed by atoms with van der Waals surface area (Å²) in [6.07, 6.45) is 2.45. The van der Waals surface area contributed by atoms with E-state index < -0.39 is 6.04 Å². The maximum Gasteiger partial charge on any atom is 0.256 e. The van der Waals surface area contributed by atoms with Crippen molar-refractivity contribution in [2.45, 2.75) is 39.2 Å². The number of hydrogen-bond donors (Lipinski definition) is 1. The van der Waals surface area contributed by atoms with Crippen LogP contribution in [-0.2, 0) is 9.59 Å². The van der Waals surface area contributed by atoms with Gasteiger partial charge in [0, 0.05) is 32.7 Å². The van der Waals surface area contributed by atoms with E-state index >= 15 is 0 Å². The van der Waals surface area contributed by atoms with Crippen molar-refractivity contribution in [3.05, 3.63) is 28.8 Å². The Morgan fingerprint density at radius 1 is 1.32 bits per heavy atom. The van der Waals surface area contributed by atoms with E-state index in [0.29, 0.717) is 35.8 Å².